The van der Waals surface area contributed by atoms with Gasteiger partial charge >= 0.3 is 6.03 Å². The molecule has 1 rings (SSSR count). The van der Waals surface area contributed by atoms with Gasteiger partial charge in [-0.3, -0.25) is 0 Å². The minimum absolute atomic E-state index is 0.0866. The fourth-order valence-corrected chi connectivity index (χ4v) is 1.51. The lowest BCUT2D eigenvalue weighted by Gasteiger charge is -2.11. The first-order chi connectivity index (χ1) is 8.61. The Hall–Kier alpha value is -1.62. The van der Waals surface area contributed by atoms with Crippen LogP contribution in [0.2, 0.25) is 0 Å². The number of carbonyl (C=O) groups is 1. The van der Waals surface area contributed by atoms with Crippen LogP contribution in [0.5, 0.6) is 0 Å². The summed E-state index contributed by atoms with van der Waals surface area (Å²) < 4.78 is 12.9. The third-order valence-electron chi connectivity index (χ3n) is 2.47. The number of benzene rings is 1. The van der Waals surface area contributed by atoms with Crippen molar-refractivity contribution in [2.24, 2.45) is 0 Å². The van der Waals surface area contributed by atoms with Gasteiger partial charge in [-0.25, -0.2) is 9.18 Å². The van der Waals surface area contributed by atoms with Crippen LogP contribution in [0, 0.1) is 5.82 Å². The van der Waals surface area contributed by atoms with Crippen LogP contribution in [0.3, 0.4) is 0 Å². The van der Waals surface area contributed by atoms with Gasteiger partial charge in [0.25, 0.3) is 0 Å². The number of rotatable bonds is 6. The number of amides is 2. The second-order valence-corrected chi connectivity index (χ2v) is 4.22. The molecule has 4 nitrogen and oxygen atoms in total. The molecule has 18 heavy (non-hydrogen) atoms. The van der Waals surface area contributed by atoms with E-state index in [1.807, 2.05) is 6.07 Å². The van der Waals surface area contributed by atoms with E-state index in [1.54, 1.807) is 13.0 Å². The lowest BCUT2D eigenvalue weighted by Crippen LogP contribution is -2.42. The molecule has 0 saturated carbocycles. The Balaban J connectivity index is 2.17. The molecule has 1 aromatic carbocycles. The van der Waals surface area contributed by atoms with Gasteiger partial charge in [0.2, 0.25) is 0 Å². The van der Waals surface area contributed by atoms with E-state index >= 15 is 0 Å². The lowest BCUT2D eigenvalue weighted by atomic mass is 10.1. The molecule has 0 heterocycles. The van der Waals surface area contributed by atoms with Crippen LogP contribution >= 0.6 is 0 Å². The standard InChI is InChI=1S/C13H19FN2O2/c1-10(9-17)16-13(18)15-7-3-5-11-4-2-6-12(14)8-11/h2,4,6,8,10,17H,3,5,7,9H2,1H3,(H2,15,16,18). The molecule has 0 aliphatic rings. The largest absolute Gasteiger partial charge is 0.394 e. The number of aliphatic hydroxyl groups excluding tert-OH is 1. The minimum Gasteiger partial charge on any atom is -0.394 e. The molecule has 0 aromatic heterocycles. The zero-order chi connectivity index (χ0) is 13.4. The number of urea groups is 1. The van der Waals surface area contributed by atoms with E-state index in [-0.39, 0.29) is 24.5 Å². The van der Waals surface area contributed by atoms with Gasteiger partial charge in [0, 0.05) is 6.54 Å². The van der Waals surface area contributed by atoms with Crippen molar-refractivity contribution in [3.63, 3.8) is 0 Å². The Morgan fingerprint density at radius 2 is 2.28 bits per heavy atom. The van der Waals surface area contributed by atoms with E-state index in [1.165, 1.54) is 12.1 Å². The van der Waals surface area contributed by atoms with Crippen molar-refractivity contribution in [3.8, 4) is 0 Å². The Labute approximate surface area is 106 Å². The van der Waals surface area contributed by atoms with Crippen molar-refractivity contribution in [2.75, 3.05) is 13.2 Å². The summed E-state index contributed by atoms with van der Waals surface area (Å²) in [4.78, 5) is 11.3. The topological polar surface area (TPSA) is 61.4 Å². The quantitative estimate of drug-likeness (QED) is 0.673. The average Bonchev–Trinajstić information content (AvgIpc) is 2.34. The molecule has 1 atom stereocenters. The SMILES string of the molecule is CC(CO)NC(=O)NCCCc1cccc(F)c1. The summed E-state index contributed by atoms with van der Waals surface area (Å²) in [6.45, 7) is 2.14. The first-order valence-electron chi connectivity index (χ1n) is 6.01. The van der Waals surface area contributed by atoms with Gasteiger partial charge in [0.05, 0.1) is 12.6 Å². The second-order valence-electron chi connectivity index (χ2n) is 4.22. The van der Waals surface area contributed by atoms with Crippen LogP contribution in [0.15, 0.2) is 24.3 Å². The zero-order valence-electron chi connectivity index (χ0n) is 10.4. The monoisotopic (exact) mass is 254 g/mol. The van der Waals surface area contributed by atoms with Gasteiger partial charge in [0.15, 0.2) is 0 Å². The molecule has 1 aromatic rings. The van der Waals surface area contributed by atoms with Gasteiger partial charge in [-0.15, -0.1) is 0 Å². The first-order valence-corrected chi connectivity index (χ1v) is 6.01. The zero-order valence-corrected chi connectivity index (χ0v) is 10.4. The molecule has 3 N–H and O–H groups in total. The van der Waals surface area contributed by atoms with Gasteiger partial charge in [-0.2, -0.15) is 0 Å². The predicted octanol–water partition coefficient (Wildman–Crippen LogP) is 1.44. The molecular formula is C13H19FN2O2. The Bertz CT molecular complexity index is 385. The van der Waals surface area contributed by atoms with Crippen molar-refractivity contribution >= 4 is 6.03 Å². The molecule has 5 heteroatoms. The maximum atomic E-state index is 12.9. The molecule has 0 aliphatic carbocycles. The fourth-order valence-electron chi connectivity index (χ4n) is 1.51. The van der Waals surface area contributed by atoms with Gasteiger partial charge in [0.1, 0.15) is 5.82 Å². The van der Waals surface area contributed by atoms with Crippen LogP contribution < -0.4 is 10.6 Å². The van der Waals surface area contributed by atoms with Gasteiger partial charge < -0.3 is 15.7 Å². The molecule has 2 amide bonds. The number of halogens is 1. The fraction of sp³-hybridized carbons (Fsp3) is 0.462. The van der Waals surface area contributed by atoms with Crippen molar-refractivity contribution in [1.82, 2.24) is 10.6 Å². The summed E-state index contributed by atoms with van der Waals surface area (Å²) in [7, 11) is 0. The van der Waals surface area contributed by atoms with Crippen LogP contribution in [0.4, 0.5) is 9.18 Å². The van der Waals surface area contributed by atoms with E-state index < -0.39 is 0 Å². The van der Waals surface area contributed by atoms with E-state index in [4.69, 9.17) is 5.11 Å². The number of aryl methyl sites for hydroxylation is 1. The van der Waals surface area contributed by atoms with E-state index in [2.05, 4.69) is 10.6 Å². The number of hydrogen-bond donors (Lipinski definition) is 3. The molecule has 1 unspecified atom stereocenters. The summed E-state index contributed by atoms with van der Waals surface area (Å²) in [5.41, 5.74) is 0.918. The summed E-state index contributed by atoms with van der Waals surface area (Å²) in [5.74, 6) is -0.241. The third kappa shape index (κ3) is 5.63. The summed E-state index contributed by atoms with van der Waals surface area (Å²) in [6.07, 6.45) is 1.46. The molecule has 0 fully saturated rings. The van der Waals surface area contributed by atoms with E-state index in [9.17, 15) is 9.18 Å². The Morgan fingerprint density at radius 1 is 1.50 bits per heavy atom. The predicted molar refractivity (Wildman–Crippen MR) is 67.8 cm³/mol. The van der Waals surface area contributed by atoms with E-state index in [0.29, 0.717) is 13.0 Å². The number of hydrogen-bond acceptors (Lipinski definition) is 2. The average molecular weight is 254 g/mol. The minimum atomic E-state index is -0.296. The molecule has 0 spiro atoms. The highest BCUT2D eigenvalue weighted by molar-refractivity contribution is 5.74. The maximum Gasteiger partial charge on any atom is 0.315 e. The maximum absolute atomic E-state index is 12.9. The molecule has 0 radical (unpaired) electrons. The number of carbonyl (C=O) groups excluding carboxylic acids is 1. The second kappa shape index (κ2) is 7.66. The van der Waals surface area contributed by atoms with Gasteiger partial charge in [-0.1, -0.05) is 12.1 Å². The lowest BCUT2D eigenvalue weighted by molar-refractivity contribution is 0.220. The summed E-state index contributed by atoms with van der Waals surface area (Å²) in [6, 6.07) is 5.88. The van der Waals surface area contributed by atoms with Crippen LogP contribution in [0.1, 0.15) is 18.9 Å². The third-order valence-corrected chi connectivity index (χ3v) is 2.47. The highest BCUT2D eigenvalue weighted by atomic mass is 19.1. The van der Waals surface area contributed by atoms with Crippen molar-refractivity contribution in [3.05, 3.63) is 35.6 Å². The number of nitrogens with one attached hydrogen (secondary N) is 2. The van der Waals surface area contributed by atoms with Crippen molar-refractivity contribution < 1.29 is 14.3 Å². The molecule has 100 valence electrons. The molecule has 0 saturated heterocycles. The van der Waals surface area contributed by atoms with Crippen LogP contribution in [-0.4, -0.2) is 30.3 Å². The van der Waals surface area contributed by atoms with Crippen LogP contribution in [0.25, 0.3) is 0 Å². The summed E-state index contributed by atoms with van der Waals surface area (Å²) in [5, 5.41) is 14.0. The molecule has 0 bridgehead atoms. The van der Waals surface area contributed by atoms with Gasteiger partial charge in [-0.05, 0) is 37.5 Å². The smallest absolute Gasteiger partial charge is 0.315 e. The van der Waals surface area contributed by atoms with Crippen LogP contribution in [-0.2, 0) is 6.42 Å². The highest BCUT2D eigenvalue weighted by Gasteiger charge is 2.04. The van der Waals surface area contributed by atoms with E-state index in [0.717, 1.165) is 12.0 Å². The molecular weight excluding hydrogens is 235 g/mol. The first kappa shape index (κ1) is 14.4. The Morgan fingerprint density at radius 3 is 2.94 bits per heavy atom. The summed E-state index contributed by atoms with van der Waals surface area (Å²) >= 11 is 0. The number of aliphatic hydroxyl groups is 1. The molecule has 0 aliphatic heterocycles. The normalized spacial score (nSPS) is 11.9. The van der Waals surface area contributed by atoms with Crippen molar-refractivity contribution in [2.45, 2.75) is 25.8 Å². The highest BCUT2D eigenvalue weighted by Crippen LogP contribution is 2.05. The van der Waals surface area contributed by atoms with Crippen molar-refractivity contribution in [1.29, 1.82) is 0 Å². The Kier molecular flexibility index (Phi) is 6.14.